The number of non-ortho nitro benzene ring substituents is 1. The highest BCUT2D eigenvalue weighted by atomic mass is 16.6. The standard InChI is InChI=1S/C17H15N3O4/c21-15-8-7-11(20(23)24)9-13(15)16-18-14-4-2-1-3-12(14)17(22)19(16)10-5-6-10/h1-4,7-10,16,18,21H,5-6H2. The maximum Gasteiger partial charge on any atom is 0.270 e. The first-order valence-corrected chi connectivity index (χ1v) is 7.72. The van der Waals surface area contributed by atoms with Crippen LogP contribution >= 0.6 is 0 Å². The van der Waals surface area contributed by atoms with Gasteiger partial charge in [-0.2, -0.15) is 0 Å². The van der Waals surface area contributed by atoms with E-state index in [1.807, 2.05) is 6.07 Å². The zero-order chi connectivity index (χ0) is 16.8. The molecule has 1 unspecified atom stereocenters. The number of nitro benzene ring substituents is 1. The van der Waals surface area contributed by atoms with Crippen LogP contribution in [0.1, 0.15) is 34.9 Å². The van der Waals surface area contributed by atoms with Gasteiger partial charge in [-0.1, -0.05) is 12.1 Å². The van der Waals surface area contributed by atoms with Gasteiger partial charge < -0.3 is 15.3 Å². The molecule has 7 nitrogen and oxygen atoms in total. The van der Waals surface area contributed by atoms with Crippen LogP contribution in [0, 0.1) is 10.1 Å². The average molecular weight is 325 g/mol. The van der Waals surface area contributed by atoms with E-state index in [0.29, 0.717) is 16.8 Å². The van der Waals surface area contributed by atoms with Crippen molar-refractivity contribution in [1.82, 2.24) is 4.90 Å². The van der Waals surface area contributed by atoms with Gasteiger partial charge in [0.15, 0.2) is 0 Å². The summed E-state index contributed by atoms with van der Waals surface area (Å²) < 4.78 is 0. The molecule has 1 saturated carbocycles. The monoisotopic (exact) mass is 325 g/mol. The zero-order valence-corrected chi connectivity index (χ0v) is 12.7. The number of carbonyl (C=O) groups excluding carboxylic acids is 1. The lowest BCUT2D eigenvalue weighted by molar-refractivity contribution is -0.385. The fourth-order valence-electron chi connectivity index (χ4n) is 3.10. The van der Waals surface area contributed by atoms with Crippen LogP contribution in [0.25, 0.3) is 0 Å². The summed E-state index contributed by atoms with van der Waals surface area (Å²) in [5.74, 6) is -0.196. The molecular weight excluding hydrogens is 310 g/mol. The normalized spacial score (nSPS) is 19.6. The van der Waals surface area contributed by atoms with Gasteiger partial charge >= 0.3 is 0 Å². The maximum absolute atomic E-state index is 12.9. The SMILES string of the molecule is O=C1c2ccccc2NC(c2cc([N+](=O)[O-])ccc2O)N1C1CC1. The largest absolute Gasteiger partial charge is 0.508 e. The molecule has 7 heteroatoms. The molecule has 0 bridgehead atoms. The molecule has 122 valence electrons. The van der Waals surface area contributed by atoms with Crippen LogP contribution in [0.2, 0.25) is 0 Å². The Labute approximate surface area is 137 Å². The Morgan fingerprint density at radius 3 is 2.67 bits per heavy atom. The number of nitrogens with one attached hydrogen (secondary N) is 1. The molecule has 1 aliphatic heterocycles. The van der Waals surface area contributed by atoms with Gasteiger partial charge in [0.1, 0.15) is 11.9 Å². The Hall–Kier alpha value is -3.09. The van der Waals surface area contributed by atoms with Crippen LogP contribution in [0.15, 0.2) is 42.5 Å². The van der Waals surface area contributed by atoms with Crippen molar-refractivity contribution in [2.75, 3.05) is 5.32 Å². The van der Waals surface area contributed by atoms with Crippen LogP contribution in [-0.2, 0) is 0 Å². The van der Waals surface area contributed by atoms with Gasteiger partial charge in [0.2, 0.25) is 0 Å². The number of hydrogen-bond donors (Lipinski definition) is 2. The molecule has 24 heavy (non-hydrogen) atoms. The number of benzene rings is 2. The molecule has 1 atom stereocenters. The lowest BCUT2D eigenvalue weighted by Gasteiger charge is -2.38. The van der Waals surface area contributed by atoms with Gasteiger partial charge in [-0.25, -0.2) is 0 Å². The third kappa shape index (κ3) is 2.25. The summed E-state index contributed by atoms with van der Waals surface area (Å²) in [6, 6.07) is 11.1. The zero-order valence-electron chi connectivity index (χ0n) is 12.7. The predicted octanol–water partition coefficient (Wildman–Crippen LogP) is 3.03. The fourth-order valence-corrected chi connectivity index (χ4v) is 3.10. The number of rotatable bonds is 3. The van der Waals surface area contributed by atoms with Crippen molar-refractivity contribution in [1.29, 1.82) is 0 Å². The second-order valence-electron chi connectivity index (χ2n) is 6.04. The summed E-state index contributed by atoms with van der Waals surface area (Å²) in [6.07, 6.45) is 1.16. The molecule has 2 aliphatic rings. The third-order valence-electron chi connectivity index (χ3n) is 4.42. The number of anilines is 1. The number of phenolic OH excluding ortho intramolecular Hbond substituents is 1. The van der Waals surface area contributed by atoms with Crippen molar-refractivity contribution in [2.45, 2.75) is 25.0 Å². The van der Waals surface area contributed by atoms with E-state index in [4.69, 9.17) is 0 Å². The van der Waals surface area contributed by atoms with Gasteiger partial charge in [0.25, 0.3) is 11.6 Å². The van der Waals surface area contributed by atoms with Crippen LogP contribution in [0.3, 0.4) is 0 Å². The van der Waals surface area contributed by atoms with Crippen molar-refractivity contribution in [3.05, 3.63) is 63.7 Å². The van der Waals surface area contributed by atoms with E-state index >= 15 is 0 Å². The molecular formula is C17H15N3O4. The van der Waals surface area contributed by atoms with Gasteiger partial charge in [-0.3, -0.25) is 14.9 Å². The summed E-state index contributed by atoms with van der Waals surface area (Å²) in [5.41, 5.74) is 1.45. The van der Waals surface area contributed by atoms with E-state index in [-0.39, 0.29) is 23.4 Å². The van der Waals surface area contributed by atoms with E-state index in [1.165, 1.54) is 18.2 Å². The Morgan fingerprint density at radius 2 is 1.96 bits per heavy atom. The Morgan fingerprint density at radius 1 is 1.21 bits per heavy atom. The molecule has 1 heterocycles. The van der Waals surface area contributed by atoms with Crippen LogP contribution in [0.5, 0.6) is 5.75 Å². The predicted molar refractivity (Wildman–Crippen MR) is 86.8 cm³/mol. The van der Waals surface area contributed by atoms with E-state index in [2.05, 4.69) is 5.32 Å². The highest BCUT2D eigenvalue weighted by Gasteiger charge is 2.43. The first-order valence-electron chi connectivity index (χ1n) is 7.72. The van der Waals surface area contributed by atoms with Crippen LogP contribution in [0.4, 0.5) is 11.4 Å². The first kappa shape index (κ1) is 14.5. The molecule has 2 aromatic rings. The molecule has 1 aliphatic carbocycles. The fraction of sp³-hybridized carbons (Fsp3) is 0.235. The van der Waals surface area contributed by atoms with E-state index < -0.39 is 11.1 Å². The van der Waals surface area contributed by atoms with Crippen LogP contribution in [-0.4, -0.2) is 26.9 Å². The summed E-state index contributed by atoms with van der Waals surface area (Å²) in [7, 11) is 0. The Kier molecular flexibility index (Phi) is 3.16. The quantitative estimate of drug-likeness (QED) is 0.668. The topological polar surface area (TPSA) is 95.7 Å². The van der Waals surface area contributed by atoms with Gasteiger partial charge in [-0.05, 0) is 31.0 Å². The number of fused-ring (bicyclic) bond motifs is 1. The summed E-state index contributed by atoms with van der Waals surface area (Å²) in [5, 5.41) is 24.5. The van der Waals surface area contributed by atoms with Gasteiger partial charge in [-0.15, -0.1) is 0 Å². The Balaban J connectivity index is 1.83. The second kappa shape index (κ2) is 5.23. The lowest BCUT2D eigenvalue weighted by Crippen LogP contribution is -2.44. The van der Waals surface area contributed by atoms with Crippen molar-refractivity contribution in [3.8, 4) is 5.75 Å². The number of nitrogens with zero attached hydrogens (tertiary/aromatic N) is 2. The van der Waals surface area contributed by atoms with Gasteiger partial charge in [0.05, 0.1) is 10.5 Å². The molecule has 1 amide bonds. The van der Waals surface area contributed by atoms with E-state index in [1.54, 1.807) is 23.1 Å². The maximum atomic E-state index is 12.9. The number of aromatic hydroxyl groups is 1. The minimum atomic E-state index is -0.625. The smallest absolute Gasteiger partial charge is 0.270 e. The molecule has 2 N–H and O–H groups in total. The van der Waals surface area contributed by atoms with Crippen molar-refractivity contribution >= 4 is 17.3 Å². The molecule has 0 radical (unpaired) electrons. The minimum Gasteiger partial charge on any atom is -0.508 e. The number of hydrogen-bond acceptors (Lipinski definition) is 5. The molecule has 0 spiro atoms. The van der Waals surface area contributed by atoms with E-state index in [0.717, 1.165) is 12.8 Å². The summed E-state index contributed by atoms with van der Waals surface area (Å²) in [4.78, 5) is 25.1. The number of amides is 1. The second-order valence-corrected chi connectivity index (χ2v) is 6.04. The third-order valence-corrected chi connectivity index (χ3v) is 4.42. The number of carbonyl (C=O) groups is 1. The van der Waals surface area contributed by atoms with E-state index in [9.17, 15) is 20.0 Å². The summed E-state index contributed by atoms with van der Waals surface area (Å²) >= 11 is 0. The Bertz CT molecular complexity index is 847. The van der Waals surface area contributed by atoms with Crippen LogP contribution < -0.4 is 5.32 Å². The van der Waals surface area contributed by atoms with Crippen molar-refractivity contribution < 1.29 is 14.8 Å². The van der Waals surface area contributed by atoms with Gasteiger partial charge in [0, 0.05) is 29.4 Å². The lowest BCUT2D eigenvalue weighted by atomic mass is 10.0. The molecule has 4 rings (SSSR count). The molecule has 0 saturated heterocycles. The number of phenols is 1. The number of para-hydroxylation sites is 1. The average Bonchev–Trinajstić information content (AvgIpc) is 3.39. The highest BCUT2D eigenvalue weighted by molar-refractivity contribution is 6.02. The highest BCUT2D eigenvalue weighted by Crippen LogP contribution is 2.43. The molecule has 1 fully saturated rings. The number of nitro groups is 1. The van der Waals surface area contributed by atoms with Crippen molar-refractivity contribution in [2.24, 2.45) is 0 Å². The molecule has 2 aromatic carbocycles. The van der Waals surface area contributed by atoms with Crippen molar-refractivity contribution in [3.63, 3.8) is 0 Å². The summed E-state index contributed by atoms with van der Waals surface area (Å²) in [6.45, 7) is 0. The molecule has 0 aromatic heterocycles. The minimum absolute atomic E-state index is 0.0732. The first-order chi connectivity index (χ1) is 11.6.